The highest BCUT2D eigenvalue weighted by Gasteiger charge is 2.30. The predicted octanol–water partition coefficient (Wildman–Crippen LogP) is 6.33. The van der Waals surface area contributed by atoms with Gasteiger partial charge in [-0.2, -0.15) is 13.2 Å². The van der Waals surface area contributed by atoms with Gasteiger partial charge in [-0.1, -0.05) is 25.1 Å². The molecule has 1 aromatic heterocycles. The smallest absolute Gasteiger partial charge is 0.416 e. The van der Waals surface area contributed by atoms with Crippen LogP contribution in [-0.2, 0) is 10.9 Å². The molecule has 0 bridgehead atoms. The third-order valence-electron chi connectivity index (χ3n) is 4.67. The highest BCUT2D eigenvalue weighted by atomic mass is 19.4. The van der Waals surface area contributed by atoms with Crippen molar-refractivity contribution in [3.8, 4) is 22.8 Å². The van der Waals surface area contributed by atoms with E-state index in [4.69, 9.17) is 9.47 Å². The lowest BCUT2D eigenvalue weighted by Gasteiger charge is -2.20. The number of aryl methyl sites for hydroxylation is 1. The zero-order valence-electron chi connectivity index (χ0n) is 17.3. The number of ether oxygens (including phenoxy) is 2. The Kier molecular flexibility index (Phi) is 7.17. The van der Waals surface area contributed by atoms with E-state index in [-0.39, 0.29) is 12.4 Å². The van der Waals surface area contributed by atoms with Crippen LogP contribution in [0.3, 0.4) is 0 Å². The summed E-state index contributed by atoms with van der Waals surface area (Å²) in [5, 5.41) is 9.74. The zero-order valence-corrected chi connectivity index (χ0v) is 17.3. The summed E-state index contributed by atoms with van der Waals surface area (Å²) < 4.78 is 50.3. The van der Waals surface area contributed by atoms with Gasteiger partial charge in [0.05, 0.1) is 23.6 Å². The fourth-order valence-corrected chi connectivity index (χ4v) is 3.00. The second-order valence-electron chi connectivity index (χ2n) is 7.15. The van der Waals surface area contributed by atoms with Crippen LogP contribution in [0.2, 0.25) is 0 Å². The lowest BCUT2D eigenvalue weighted by Crippen LogP contribution is -2.17. The quantitative estimate of drug-likeness (QED) is 0.424. The largest absolute Gasteiger partial charge is 0.508 e. The van der Waals surface area contributed by atoms with Crippen LogP contribution >= 0.6 is 0 Å². The van der Waals surface area contributed by atoms with E-state index in [9.17, 15) is 18.3 Å². The van der Waals surface area contributed by atoms with E-state index in [2.05, 4.69) is 4.98 Å². The Hall–Kier alpha value is -3.06. The first-order valence-electron chi connectivity index (χ1n) is 9.96. The van der Waals surface area contributed by atoms with Crippen LogP contribution in [0, 0.1) is 6.92 Å². The van der Waals surface area contributed by atoms with Gasteiger partial charge in [0, 0.05) is 12.2 Å². The molecule has 3 rings (SSSR count). The van der Waals surface area contributed by atoms with E-state index in [1.54, 1.807) is 43.3 Å². The van der Waals surface area contributed by atoms with Crippen LogP contribution in [0.5, 0.6) is 11.5 Å². The minimum atomic E-state index is -4.38. The van der Waals surface area contributed by atoms with E-state index in [0.717, 1.165) is 18.6 Å². The summed E-state index contributed by atoms with van der Waals surface area (Å²) in [5.74, 6) is 0.732. The number of benzene rings is 2. The summed E-state index contributed by atoms with van der Waals surface area (Å²) in [7, 11) is 0. The summed E-state index contributed by atoms with van der Waals surface area (Å²) in [4.78, 5) is 4.61. The van der Waals surface area contributed by atoms with Crippen molar-refractivity contribution in [3.05, 3.63) is 77.5 Å². The number of rotatable bonds is 8. The van der Waals surface area contributed by atoms with Crippen molar-refractivity contribution in [2.24, 2.45) is 0 Å². The van der Waals surface area contributed by atoms with Gasteiger partial charge in [0.2, 0.25) is 0 Å². The van der Waals surface area contributed by atoms with Gasteiger partial charge >= 0.3 is 6.18 Å². The third-order valence-corrected chi connectivity index (χ3v) is 4.67. The SMILES string of the molecule is CCCOCC(Oc1ccc(O)c(C)c1)c1cccc(-c2ccc(C(F)(F)F)cc2)n1. The maximum Gasteiger partial charge on any atom is 0.416 e. The number of nitrogens with zero attached hydrogens (tertiary/aromatic N) is 1. The van der Waals surface area contributed by atoms with E-state index in [0.29, 0.717) is 34.9 Å². The number of aromatic nitrogens is 1. The van der Waals surface area contributed by atoms with Crippen LogP contribution in [0.25, 0.3) is 11.3 Å². The molecule has 1 N–H and O–H groups in total. The first-order valence-corrected chi connectivity index (χ1v) is 9.96. The van der Waals surface area contributed by atoms with Crippen molar-refractivity contribution < 1.29 is 27.8 Å². The molecule has 3 aromatic rings. The molecule has 1 heterocycles. The molecule has 1 unspecified atom stereocenters. The second-order valence-corrected chi connectivity index (χ2v) is 7.15. The molecule has 0 saturated heterocycles. The molecule has 4 nitrogen and oxygen atoms in total. The monoisotopic (exact) mass is 431 g/mol. The Morgan fingerprint density at radius 2 is 1.77 bits per heavy atom. The van der Waals surface area contributed by atoms with Gasteiger partial charge in [-0.25, -0.2) is 4.98 Å². The van der Waals surface area contributed by atoms with Crippen molar-refractivity contribution in [3.63, 3.8) is 0 Å². The molecule has 7 heteroatoms. The molecular formula is C24H24F3NO3. The molecule has 164 valence electrons. The third kappa shape index (κ3) is 5.98. The highest BCUT2D eigenvalue weighted by molar-refractivity contribution is 5.59. The van der Waals surface area contributed by atoms with Crippen LogP contribution in [0.15, 0.2) is 60.7 Å². The number of pyridine rings is 1. The van der Waals surface area contributed by atoms with E-state index in [1.165, 1.54) is 12.1 Å². The van der Waals surface area contributed by atoms with Crippen LogP contribution < -0.4 is 4.74 Å². The number of hydrogen-bond acceptors (Lipinski definition) is 4. The highest BCUT2D eigenvalue weighted by Crippen LogP contribution is 2.31. The number of halogens is 3. The number of aromatic hydroxyl groups is 1. The molecule has 1 atom stereocenters. The normalized spacial score (nSPS) is 12.5. The summed E-state index contributed by atoms with van der Waals surface area (Å²) in [5.41, 5.74) is 1.68. The fourth-order valence-electron chi connectivity index (χ4n) is 3.00. The maximum atomic E-state index is 12.8. The van der Waals surface area contributed by atoms with Gasteiger partial charge in [-0.15, -0.1) is 0 Å². The maximum absolute atomic E-state index is 12.8. The van der Waals surface area contributed by atoms with E-state index in [1.807, 2.05) is 6.92 Å². The Morgan fingerprint density at radius 1 is 1.03 bits per heavy atom. The molecular weight excluding hydrogens is 407 g/mol. The molecule has 0 aliphatic carbocycles. The molecule has 0 radical (unpaired) electrons. The number of phenols is 1. The number of alkyl halides is 3. The Balaban J connectivity index is 1.87. The zero-order chi connectivity index (χ0) is 22.4. The Bertz CT molecular complexity index is 1000. The van der Waals surface area contributed by atoms with E-state index >= 15 is 0 Å². The van der Waals surface area contributed by atoms with Crippen molar-refractivity contribution in [2.45, 2.75) is 32.5 Å². The van der Waals surface area contributed by atoms with Gasteiger partial charge in [-0.3, -0.25) is 0 Å². The van der Waals surface area contributed by atoms with Gasteiger partial charge in [0.25, 0.3) is 0 Å². The van der Waals surface area contributed by atoms with Gasteiger partial charge in [0.1, 0.15) is 11.5 Å². The minimum absolute atomic E-state index is 0.175. The second kappa shape index (κ2) is 9.83. The fraction of sp³-hybridized carbons (Fsp3) is 0.292. The standard InChI is InChI=1S/C24H24F3NO3/c1-3-13-30-15-23(31-19-11-12-22(29)16(2)14-19)21-6-4-5-20(28-21)17-7-9-18(10-8-17)24(25,26)27/h4-12,14,23,29H,3,13,15H2,1-2H3. The molecule has 0 aliphatic rings. The average molecular weight is 431 g/mol. The number of phenolic OH excluding ortho intramolecular Hbond substituents is 1. The van der Waals surface area contributed by atoms with Crippen molar-refractivity contribution >= 4 is 0 Å². The van der Waals surface area contributed by atoms with Crippen LogP contribution in [-0.4, -0.2) is 23.3 Å². The summed E-state index contributed by atoms with van der Waals surface area (Å²) in [6.45, 7) is 4.60. The molecule has 0 fully saturated rings. The Labute approximate surface area is 179 Å². The molecule has 2 aromatic carbocycles. The topological polar surface area (TPSA) is 51.6 Å². The molecule has 0 saturated carbocycles. The molecule has 0 amide bonds. The van der Waals surface area contributed by atoms with Crippen molar-refractivity contribution in [1.29, 1.82) is 0 Å². The van der Waals surface area contributed by atoms with E-state index < -0.39 is 17.8 Å². The van der Waals surface area contributed by atoms with Crippen molar-refractivity contribution in [1.82, 2.24) is 4.98 Å². The van der Waals surface area contributed by atoms with Crippen molar-refractivity contribution in [2.75, 3.05) is 13.2 Å². The summed E-state index contributed by atoms with van der Waals surface area (Å²) in [6, 6.07) is 15.2. The van der Waals surface area contributed by atoms with Gasteiger partial charge in [0.15, 0.2) is 6.10 Å². The molecule has 0 spiro atoms. The lowest BCUT2D eigenvalue weighted by molar-refractivity contribution is -0.137. The molecule has 31 heavy (non-hydrogen) atoms. The van der Waals surface area contributed by atoms with Crippen LogP contribution in [0.4, 0.5) is 13.2 Å². The summed E-state index contributed by atoms with van der Waals surface area (Å²) in [6.07, 6.45) is -4.06. The first-order chi connectivity index (χ1) is 14.8. The van der Waals surface area contributed by atoms with Gasteiger partial charge < -0.3 is 14.6 Å². The minimum Gasteiger partial charge on any atom is -0.508 e. The average Bonchev–Trinajstić information content (AvgIpc) is 2.75. The first kappa shape index (κ1) is 22.6. The Morgan fingerprint density at radius 3 is 2.42 bits per heavy atom. The molecule has 0 aliphatic heterocycles. The van der Waals surface area contributed by atoms with Crippen LogP contribution in [0.1, 0.15) is 36.3 Å². The lowest BCUT2D eigenvalue weighted by atomic mass is 10.1. The van der Waals surface area contributed by atoms with Gasteiger partial charge in [-0.05, 0) is 61.4 Å². The number of hydrogen-bond donors (Lipinski definition) is 1. The summed E-state index contributed by atoms with van der Waals surface area (Å²) >= 11 is 0. The predicted molar refractivity (Wildman–Crippen MR) is 112 cm³/mol.